The summed E-state index contributed by atoms with van der Waals surface area (Å²) in [6.07, 6.45) is 40.7. The molecular weight excluding hydrogens is 408 g/mol. The van der Waals surface area contributed by atoms with Crippen molar-refractivity contribution >= 4 is 0 Å². The maximum atomic E-state index is 3.70. The SMILES string of the molecule is C=CCCC=CCC.C=CCCC=CCC.C=CCCCC.C=CCCCCC=CCCCC. The molecule has 0 rings (SSSR count). The van der Waals surface area contributed by atoms with Crippen LogP contribution >= 0.6 is 0 Å². The van der Waals surface area contributed by atoms with E-state index in [0.29, 0.717) is 0 Å². The third-order valence-corrected chi connectivity index (χ3v) is 4.56. The van der Waals surface area contributed by atoms with Crippen LogP contribution in [-0.2, 0) is 0 Å². The van der Waals surface area contributed by atoms with Crippen LogP contribution in [0.25, 0.3) is 0 Å². The number of unbranched alkanes of at least 4 members (excludes halogenated alkanes) is 9. The zero-order valence-electron chi connectivity index (χ0n) is 23.9. The summed E-state index contributed by atoms with van der Waals surface area (Å²) in [5, 5.41) is 0. The molecule has 0 aromatic rings. The standard InChI is InChI=1S/C12H22.2C8H14.C6H12/c1-3-5-7-9-11-12-10-8-6-4-2;2*1-3-5-7-8-6-4-2;1-3-5-6-4-2/h3,10,12H,1,4-9,11H2,2H3;2*3,6,8H,1,4-5,7H2,2H3;3H,1,4-6H2,2H3. The normalized spacial score (nSPS) is 10.0. The summed E-state index contributed by atoms with van der Waals surface area (Å²) in [7, 11) is 0. The van der Waals surface area contributed by atoms with Gasteiger partial charge in [0, 0.05) is 0 Å². The number of hydrogen-bond donors (Lipinski definition) is 0. The average Bonchev–Trinajstić information content (AvgIpc) is 2.86. The van der Waals surface area contributed by atoms with Crippen molar-refractivity contribution in [3.05, 3.63) is 87.1 Å². The minimum absolute atomic E-state index is 1.11. The molecule has 0 heteroatoms. The monoisotopic (exact) mass is 470 g/mol. The summed E-state index contributed by atoms with van der Waals surface area (Å²) in [5.74, 6) is 0. The lowest BCUT2D eigenvalue weighted by molar-refractivity contribution is 0.757. The highest BCUT2D eigenvalue weighted by molar-refractivity contribution is 4.84. The topological polar surface area (TPSA) is 0 Å². The Balaban J connectivity index is -0.000000183. The first-order valence-electron chi connectivity index (χ1n) is 14.0. The second-order valence-electron chi connectivity index (χ2n) is 8.11. The van der Waals surface area contributed by atoms with E-state index < -0.39 is 0 Å². The van der Waals surface area contributed by atoms with E-state index in [0.717, 1.165) is 38.5 Å². The van der Waals surface area contributed by atoms with Gasteiger partial charge in [-0.1, -0.05) is 114 Å². The minimum Gasteiger partial charge on any atom is -0.103 e. The highest BCUT2D eigenvalue weighted by Crippen LogP contribution is 2.02. The van der Waals surface area contributed by atoms with Gasteiger partial charge in [0.2, 0.25) is 0 Å². The van der Waals surface area contributed by atoms with Gasteiger partial charge in [-0.15, -0.1) is 26.3 Å². The van der Waals surface area contributed by atoms with Gasteiger partial charge in [0.25, 0.3) is 0 Å². The molecule has 0 aliphatic carbocycles. The maximum Gasteiger partial charge on any atom is -0.0316 e. The van der Waals surface area contributed by atoms with Crippen molar-refractivity contribution in [2.45, 2.75) is 130 Å². The number of rotatable bonds is 19. The van der Waals surface area contributed by atoms with E-state index in [1.807, 2.05) is 24.3 Å². The molecule has 0 atom stereocenters. The zero-order valence-corrected chi connectivity index (χ0v) is 23.9. The van der Waals surface area contributed by atoms with Gasteiger partial charge in [-0.2, -0.15) is 0 Å². The van der Waals surface area contributed by atoms with Crippen molar-refractivity contribution in [2.75, 3.05) is 0 Å². The quantitative estimate of drug-likeness (QED) is 0.130. The van der Waals surface area contributed by atoms with Crippen molar-refractivity contribution in [3.8, 4) is 0 Å². The van der Waals surface area contributed by atoms with Crippen molar-refractivity contribution < 1.29 is 0 Å². The molecule has 0 aliphatic rings. The lowest BCUT2D eigenvalue weighted by Gasteiger charge is -1.92. The summed E-state index contributed by atoms with van der Waals surface area (Å²) in [4.78, 5) is 0. The number of allylic oxidation sites excluding steroid dienone is 10. The largest absolute Gasteiger partial charge is 0.103 e. The van der Waals surface area contributed by atoms with Crippen LogP contribution in [0.1, 0.15) is 130 Å². The van der Waals surface area contributed by atoms with Crippen LogP contribution in [0.4, 0.5) is 0 Å². The van der Waals surface area contributed by atoms with Crippen LogP contribution in [-0.4, -0.2) is 0 Å². The Morgan fingerprint density at radius 2 is 0.676 bits per heavy atom. The smallest absolute Gasteiger partial charge is 0.0316 e. The van der Waals surface area contributed by atoms with Crippen LogP contribution in [0.5, 0.6) is 0 Å². The molecule has 0 N–H and O–H groups in total. The Morgan fingerprint density at radius 1 is 0.353 bits per heavy atom. The van der Waals surface area contributed by atoms with Crippen molar-refractivity contribution in [1.29, 1.82) is 0 Å². The fraction of sp³-hybridized carbons (Fsp3) is 0.588. The third kappa shape index (κ3) is 63.1. The maximum absolute atomic E-state index is 3.70. The molecule has 34 heavy (non-hydrogen) atoms. The van der Waals surface area contributed by atoms with E-state index in [1.54, 1.807) is 0 Å². The van der Waals surface area contributed by atoms with Gasteiger partial charge in [0.15, 0.2) is 0 Å². The van der Waals surface area contributed by atoms with Gasteiger partial charge >= 0.3 is 0 Å². The predicted molar refractivity (Wildman–Crippen MR) is 165 cm³/mol. The van der Waals surface area contributed by atoms with E-state index in [2.05, 4.69) is 90.5 Å². The summed E-state index contributed by atoms with van der Waals surface area (Å²) in [6, 6.07) is 0. The minimum atomic E-state index is 1.11. The first kappa shape index (κ1) is 39.4. The van der Waals surface area contributed by atoms with Crippen molar-refractivity contribution in [2.24, 2.45) is 0 Å². The predicted octanol–water partition coefficient (Wildman–Crippen LogP) is 12.7. The van der Waals surface area contributed by atoms with Gasteiger partial charge in [-0.25, -0.2) is 0 Å². The van der Waals surface area contributed by atoms with E-state index in [-0.39, 0.29) is 0 Å². The van der Waals surface area contributed by atoms with Crippen LogP contribution in [0.3, 0.4) is 0 Å². The van der Waals surface area contributed by atoms with Crippen molar-refractivity contribution in [1.82, 2.24) is 0 Å². The Kier molecular flexibility index (Phi) is 56.3. The molecule has 0 aromatic heterocycles. The molecular formula is C34H62. The Hall–Kier alpha value is -1.82. The molecule has 0 saturated carbocycles. The number of hydrogen-bond acceptors (Lipinski definition) is 0. The zero-order chi connectivity index (χ0) is 26.4. The van der Waals surface area contributed by atoms with E-state index in [1.165, 1.54) is 64.2 Å². The molecule has 0 heterocycles. The van der Waals surface area contributed by atoms with Crippen LogP contribution in [0.2, 0.25) is 0 Å². The molecule has 0 saturated heterocycles. The fourth-order valence-electron chi connectivity index (χ4n) is 2.45. The fourth-order valence-corrected chi connectivity index (χ4v) is 2.45. The van der Waals surface area contributed by atoms with Crippen LogP contribution in [0, 0.1) is 0 Å². The van der Waals surface area contributed by atoms with Gasteiger partial charge in [-0.3, -0.25) is 0 Å². The molecule has 0 bridgehead atoms. The highest BCUT2D eigenvalue weighted by Gasteiger charge is 1.82. The summed E-state index contributed by atoms with van der Waals surface area (Å²) in [5.41, 5.74) is 0. The van der Waals surface area contributed by atoms with Crippen LogP contribution < -0.4 is 0 Å². The van der Waals surface area contributed by atoms with E-state index >= 15 is 0 Å². The third-order valence-electron chi connectivity index (χ3n) is 4.56. The Bertz CT molecular complexity index is 425. The van der Waals surface area contributed by atoms with E-state index in [4.69, 9.17) is 0 Å². The first-order chi connectivity index (χ1) is 16.7. The van der Waals surface area contributed by atoms with Gasteiger partial charge in [0.05, 0.1) is 0 Å². The molecule has 0 radical (unpaired) electrons. The first-order valence-corrected chi connectivity index (χ1v) is 14.0. The molecule has 0 fully saturated rings. The highest BCUT2D eigenvalue weighted by atomic mass is 13.9. The Labute approximate surface area is 217 Å². The molecule has 0 nitrogen and oxygen atoms in total. The molecule has 0 aromatic carbocycles. The van der Waals surface area contributed by atoms with Gasteiger partial charge in [-0.05, 0) is 77.0 Å². The molecule has 0 aliphatic heterocycles. The molecule has 198 valence electrons. The summed E-state index contributed by atoms with van der Waals surface area (Å²) >= 11 is 0. The second-order valence-corrected chi connectivity index (χ2v) is 8.11. The molecule has 0 spiro atoms. The summed E-state index contributed by atoms with van der Waals surface area (Å²) in [6.45, 7) is 23.3. The van der Waals surface area contributed by atoms with Gasteiger partial charge < -0.3 is 0 Å². The van der Waals surface area contributed by atoms with Gasteiger partial charge in [0.1, 0.15) is 0 Å². The van der Waals surface area contributed by atoms with Crippen molar-refractivity contribution in [3.63, 3.8) is 0 Å². The molecule has 0 unspecified atom stereocenters. The lowest BCUT2D eigenvalue weighted by atomic mass is 10.1. The Morgan fingerprint density at radius 3 is 1.03 bits per heavy atom. The average molecular weight is 471 g/mol. The second kappa shape index (κ2) is 48.6. The lowest BCUT2D eigenvalue weighted by Crippen LogP contribution is -1.72. The molecule has 0 amide bonds. The van der Waals surface area contributed by atoms with Crippen LogP contribution in [0.15, 0.2) is 87.1 Å². The van der Waals surface area contributed by atoms with E-state index in [9.17, 15) is 0 Å². The summed E-state index contributed by atoms with van der Waals surface area (Å²) < 4.78 is 0.